The van der Waals surface area contributed by atoms with Crippen molar-refractivity contribution in [2.45, 2.75) is 25.2 Å². The van der Waals surface area contributed by atoms with E-state index in [0.717, 1.165) is 12.2 Å². The zero-order valence-corrected chi connectivity index (χ0v) is 10.9. The molecule has 1 aromatic carbocycles. The average molecular weight is 241 g/mol. The van der Waals surface area contributed by atoms with Gasteiger partial charge in [0.25, 0.3) is 0 Å². The number of hydrogen-bond acceptors (Lipinski definition) is 1. The molecule has 1 rings (SSSR count). The summed E-state index contributed by atoms with van der Waals surface area (Å²) >= 11 is 7.51. The minimum atomic E-state index is 0.715. The van der Waals surface area contributed by atoms with Crippen molar-refractivity contribution in [3.05, 3.63) is 41.5 Å². The molecular formula is C13H17ClS. The van der Waals surface area contributed by atoms with E-state index in [9.17, 15) is 0 Å². The van der Waals surface area contributed by atoms with Crippen LogP contribution in [0.25, 0.3) is 0 Å². The molecule has 1 aromatic rings. The third kappa shape index (κ3) is 5.29. The molecule has 0 aliphatic carbocycles. The summed E-state index contributed by atoms with van der Waals surface area (Å²) in [5.41, 5.74) is 2.72. The molecule has 0 amide bonds. The summed E-state index contributed by atoms with van der Waals surface area (Å²) in [7, 11) is 0. The first kappa shape index (κ1) is 12.7. The molecule has 15 heavy (non-hydrogen) atoms. The van der Waals surface area contributed by atoms with Gasteiger partial charge in [0.1, 0.15) is 0 Å². The molecule has 0 aromatic heterocycles. The van der Waals surface area contributed by atoms with Crippen LogP contribution >= 0.6 is 23.4 Å². The summed E-state index contributed by atoms with van der Waals surface area (Å²) in [6.07, 6.45) is 3.19. The molecule has 0 N–H and O–H groups in total. The number of thioether (sulfide) groups is 1. The Labute approximate surface area is 102 Å². The fourth-order valence-corrected chi connectivity index (χ4v) is 2.14. The molecule has 0 saturated heterocycles. The number of hydrogen-bond donors (Lipinski definition) is 0. The van der Waals surface area contributed by atoms with Crippen LogP contribution in [-0.4, -0.2) is 11.6 Å². The molecule has 82 valence electrons. The number of rotatable bonds is 5. The molecule has 0 bridgehead atoms. The average Bonchev–Trinajstić information content (AvgIpc) is 2.25. The molecule has 0 fully saturated rings. The Morgan fingerprint density at radius 1 is 1.33 bits per heavy atom. The van der Waals surface area contributed by atoms with E-state index >= 15 is 0 Å². The smallest absolute Gasteiger partial charge is 0.0258 e. The Morgan fingerprint density at radius 3 is 2.60 bits per heavy atom. The SMILES string of the molecule is C/C(=C\CCCl)CSc1ccc(C)cc1. The van der Waals surface area contributed by atoms with Crippen molar-refractivity contribution in [3.8, 4) is 0 Å². The molecule has 0 nitrogen and oxygen atoms in total. The molecule has 0 aliphatic rings. The van der Waals surface area contributed by atoms with Gasteiger partial charge in [-0.05, 0) is 32.4 Å². The predicted molar refractivity (Wildman–Crippen MR) is 71.0 cm³/mol. The van der Waals surface area contributed by atoms with Gasteiger partial charge in [0.05, 0.1) is 0 Å². The third-order valence-corrected chi connectivity index (χ3v) is 3.51. The molecule has 0 atom stereocenters. The maximum absolute atomic E-state index is 5.63. The van der Waals surface area contributed by atoms with Crippen molar-refractivity contribution in [2.24, 2.45) is 0 Å². The van der Waals surface area contributed by atoms with E-state index in [1.807, 2.05) is 11.8 Å². The van der Waals surface area contributed by atoms with Gasteiger partial charge >= 0.3 is 0 Å². The van der Waals surface area contributed by atoms with Crippen molar-refractivity contribution < 1.29 is 0 Å². The molecule has 0 heterocycles. The summed E-state index contributed by atoms with van der Waals surface area (Å²) in [5, 5.41) is 0. The number of alkyl halides is 1. The fraction of sp³-hybridized carbons (Fsp3) is 0.385. The summed E-state index contributed by atoms with van der Waals surface area (Å²) in [5.74, 6) is 1.77. The Balaban J connectivity index is 2.40. The molecule has 0 spiro atoms. The van der Waals surface area contributed by atoms with E-state index in [0.29, 0.717) is 5.88 Å². The molecular weight excluding hydrogens is 224 g/mol. The van der Waals surface area contributed by atoms with E-state index in [4.69, 9.17) is 11.6 Å². The highest BCUT2D eigenvalue weighted by Crippen LogP contribution is 2.20. The van der Waals surface area contributed by atoms with E-state index in [2.05, 4.69) is 44.2 Å². The molecule has 0 unspecified atom stereocenters. The second kappa shape index (κ2) is 6.97. The van der Waals surface area contributed by atoms with Gasteiger partial charge in [-0.25, -0.2) is 0 Å². The van der Waals surface area contributed by atoms with E-state index < -0.39 is 0 Å². The van der Waals surface area contributed by atoms with Crippen molar-refractivity contribution in [3.63, 3.8) is 0 Å². The van der Waals surface area contributed by atoms with Crippen LogP contribution in [0.2, 0.25) is 0 Å². The number of allylic oxidation sites excluding steroid dienone is 1. The Bertz CT molecular complexity index is 314. The standard InChI is InChI=1S/C13H17ClS/c1-11-5-7-13(8-6-11)15-10-12(2)4-3-9-14/h4-8H,3,9-10H2,1-2H3/b12-4+. The summed E-state index contributed by atoms with van der Waals surface area (Å²) < 4.78 is 0. The van der Waals surface area contributed by atoms with Crippen LogP contribution in [0, 0.1) is 6.92 Å². The van der Waals surface area contributed by atoms with Gasteiger partial charge in [0.2, 0.25) is 0 Å². The zero-order valence-electron chi connectivity index (χ0n) is 9.29. The van der Waals surface area contributed by atoms with Gasteiger partial charge in [0, 0.05) is 16.5 Å². The highest BCUT2D eigenvalue weighted by Gasteiger charge is 1.94. The van der Waals surface area contributed by atoms with Gasteiger partial charge in [-0.3, -0.25) is 0 Å². The van der Waals surface area contributed by atoms with Gasteiger partial charge in [-0.2, -0.15) is 0 Å². The first-order valence-corrected chi connectivity index (χ1v) is 6.65. The van der Waals surface area contributed by atoms with Crippen molar-refractivity contribution in [1.29, 1.82) is 0 Å². The van der Waals surface area contributed by atoms with Gasteiger partial charge in [0.15, 0.2) is 0 Å². The van der Waals surface area contributed by atoms with Crippen LogP contribution in [0.3, 0.4) is 0 Å². The van der Waals surface area contributed by atoms with Crippen LogP contribution < -0.4 is 0 Å². The normalized spacial score (nSPS) is 11.8. The Kier molecular flexibility index (Phi) is 5.89. The maximum Gasteiger partial charge on any atom is 0.0258 e. The number of benzene rings is 1. The van der Waals surface area contributed by atoms with Crippen molar-refractivity contribution in [1.82, 2.24) is 0 Å². The predicted octanol–water partition coefficient (Wildman–Crippen LogP) is 4.66. The third-order valence-electron chi connectivity index (χ3n) is 2.09. The highest BCUT2D eigenvalue weighted by atomic mass is 35.5. The summed E-state index contributed by atoms with van der Waals surface area (Å²) in [6.45, 7) is 4.27. The lowest BCUT2D eigenvalue weighted by Gasteiger charge is -2.02. The monoisotopic (exact) mass is 240 g/mol. The lowest BCUT2D eigenvalue weighted by atomic mass is 10.2. The van der Waals surface area contributed by atoms with Crippen LogP contribution in [0.1, 0.15) is 18.9 Å². The maximum atomic E-state index is 5.63. The largest absolute Gasteiger partial charge is 0.126 e. The second-order valence-corrected chi connectivity index (χ2v) is 5.06. The van der Waals surface area contributed by atoms with Gasteiger partial charge < -0.3 is 0 Å². The first-order chi connectivity index (χ1) is 7.22. The fourth-order valence-electron chi connectivity index (χ4n) is 1.19. The molecule has 0 aliphatic heterocycles. The summed E-state index contributed by atoms with van der Waals surface area (Å²) in [4.78, 5) is 1.33. The lowest BCUT2D eigenvalue weighted by Crippen LogP contribution is -1.83. The number of aryl methyl sites for hydroxylation is 1. The molecule has 0 saturated carbocycles. The topological polar surface area (TPSA) is 0 Å². The van der Waals surface area contributed by atoms with Crippen molar-refractivity contribution in [2.75, 3.05) is 11.6 Å². The number of halogens is 1. The molecule has 2 heteroatoms. The van der Waals surface area contributed by atoms with E-state index in [1.165, 1.54) is 16.0 Å². The van der Waals surface area contributed by atoms with Gasteiger partial charge in [-0.15, -0.1) is 23.4 Å². The van der Waals surface area contributed by atoms with Crippen LogP contribution in [0.5, 0.6) is 0 Å². The Hall–Kier alpha value is -0.400. The minimum absolute atomic E-state index is 0.715. The zero-order chi connectivity index (χ0) is 11.1. The van der Waals surface area contributed by atoms with Crippen LogP contribution in [0.4, 0.5) is 0 Å². The Morgan fingerprint density at radius 2 is 2.00 bits per heavy atom. The lowest BCUT2D eigenvalue weighted by molar-refractivity contribution is 1.19. The van der Waals surface area contributed by atoms with Crippen molar-refractivity contribution >= 4 is 23.4 Å². The second-order valence-electron chi connectivity index (χ2n) is 3.63. The van der Waals surface area contributed by atoms with Gasteiger partial charge in [-0.1, -0.05) is 29.3 Å². The van der Waals surface area contributed by atoms with Crippen LogP contribution in [-0.2, 0) is 0 Å². The first-order valence-electron chi connectivity index (χ1n) is 5.13. The highest BCUT2D eigenvalue weighted by molar-refractivity contribution is 7.99. The summed E-state index contributed by atoms with van der Waals surface area (Å²) in [6, 6.07) is 8.66. The molecule has 0 radical (unpaired) electrons. The van der Waals surface area contributed by atoms with E-state index in [-0.39, 0.29) is 0 Å². The minimum Gasteiger partial charge on any atom is -0.126 e. The van der Waals surface area contributed by atoms with Crippen LogP contribution in [0.15, 0.2) is 40.8 Å². The van der Waals surface area contributed by atoms with E-state index in [1.54, 1.807) is 0 Å². The quantitative estimate of drug-likeness (QED) is 0.410.